The van der Waals surface area contributed by atoms with E-state index in [1.54, 1.807) is 24.4 Å². The maximum Gasteiger partial charge on any atom is 0.286 e. The van der Waals surface area contributed by atoms with Crippen molar-refractivity contribution < 1.29 is 4.79 Å². The molecule has 0 saturated heterocycles. The second-order valence-electron chi connectivity index (χ2n) is 5.73. The van der Waals surface area contributed by atoms with Crippen LogP contribution in [0.15, 0.2) is 76.2 Å². The van der Waals surface area contributed by atoms with Gasteiger partial charge in [0.05, 0.1) is 6.54 Å². The zero-order valence-electron chi connectivity index (χ0n) is 13.9. The van der Waals surface area contributed by atoms with Gasteiger partial charge in [-0.05, 0) is 23.8 Å². The molecule has 0 unspecified atom stereocenters. The van der Waals surface area contributed by atoms with Gasteiger partial charge in [0.25, 0.3) is 11.5 Å². The molecule has 1 aromatic carbocycles. The fourth-order valence-corrected chi connectivity index (χ4v) is 3.56. The first kappa shape index (κ1) is 17.4. The van der Waals surface area contributed by atoms with Crippen molar-refractivity contribution in [3.05, 3.63) is 97.7 Å². The molecule has 0 fully saturated rings. The summed E-state index contributed by atoms with van der Waals surface area (Å²) >= 11 is 7.52. The zero-order chi connectivity index (χ0) is 18.8. The van der Waals surface area contributed by atoms with Crippen LogP contribution in [0, 0.1) is 0 Å². The predicted molar refractivity (Wildman–Crippen MR) is 104 cm³/mol. The number of pyridine rings is 1. The number of halogens is 1. The van der Waals surface area contributed by atoms with Gasteiger partial charge in [0.1, 0.15) is 11.2 Å². The van der Waals surface area contributed by atoms with E-state index in [1.165, 1.54) is 21.9 Å². The van der Waals surface area contributed by atoms with Gasteiger partial charge in [-0.1, -0.05) is 35.9 Å². The van der Waals surface area contributed by atoms with Gasteiger partial charge in [0.2, 0.25) is 0 Å². The Labute approximate surface area is 162 Å². The van der Waals surface area contributed by atoms with Crippen molar-refractivity contribution in [2.75, 3.05) is 0 Å². The summed E-state index contributed by atoms with van der Waals surface area (Å²) in [5.74, 6) is -0.624. The van der Waals surface area contributed by atoms with Gasteiger partial charge in [0.15, 0.2) is 4.80 Å². The molecule has 4 rings (SSSR count). The van der Waals surface area contributed by atoms with Gasteiger partial charge in [-0.2, -0.15) is 4.99 Å². The Bertz CT molecular complexity index is 1270. The molecule has 0 radical (unpaired) electrons. The minimum atomic E-state index is -0.624. The molecule has 3 heterocycles. The maximum absolute atomic E-state index is 12.6. The third-order valence-electron chi connectivity index (χ3n) is 4.00. The number of benzene rings is 1. The number of nitrogens with zero attached hydrogens (tertiary/aromatic N) is 4. The number of carbonyl (C=O) groups is 1. The molecule has 6 nitrogen and oxygen atoms in total. The molecule has 0 spiro atoms. The second-order valence-corrected chi connectivity index (χ2v) is 7.01. The van der Waals surface area contributed by atoms with Crippen LogP contribution in [0.25, 0.3) is 5.65 Å². The van der Waals surface area contributed by atoms with E-state index in [0.717, 1.165) is 5.56 Å². The molecule has 8 heteroatoms. The minimum Gasteiger partial charge on any atom is -0.319 e. The smallest absolute Gasteiger partial charge is 0.286 e. The lowest BCUT2D eigenvalue weighted by atomic mass is 10.2. The molecule has 0 aliphatic heterocycles. The lowest BCUT2D eigenvalue weighted by Gasteiger charge is -2.05. The van der Waals surface area contributed by atoms with Crippen LogP contribution < -0.4 is 10.4 Å². The first-order valence-corrected chi connectivity index (χ1v) is 9.32. The van der Waals surface area contributed by atoms with Crippen LogP contribution in [-0.2, 0) is 6.54 Å². The van der Waals surface area contributed by atoms with Crippen molar-refractivity contribution in [2.24, 2.45) is 4.99 Å². The van der Waals surface area contributed by atoms with E-state index < -0.39 is 11.5 Å². The Balaban J connectivity index is 1.72. The van der Waals surface area contributed by atoms with Crippen molar-refractivity contribution in [3.63, 3.8) is 0 Å². The van der Waals surface area contributed by atoms with Gasteiger partial charge < -0.3 is 4.57 Å². The van der Waals surface area contributed by atoms with Crippen LogP contribution in [0.3, 0.4) is 0 Å². The monoisotopic (exact) mass is 396 g/mol. The minimum absolute atomic E-state index is 0.0728. The standard InChI is InChI=1S/C19H13ClN4O2S/c20-15-6-2-1-5-13(15)12-23-9-10-27-19(23)22-17(25)14-11-21-16-7-3-4-8-24(16)18(14)26/h1-11H,12H2. The first-order valence-electron chi connectivity index (χ1n) is 8.06. The Morgan fingerprint density at radius 2 is 1.96 bits per heavy atom. The fraction of sp³-hybridized carbons (Fsp3) is 0.0526. The molecule has 4 aromatic rings. The van der Waals surface area contributed by atoms with E-state index in [4.69, 9.17) is 11.6 Å². The summed E-state index contributed by atoms with van der Waals surface area (Å²) in [6.45, 7) is 0.476. The third kappa shape index (κ3) is 3.47. The van der Waals surface area contributed by atoms with Crippen molar-refractivity contribution in [1.82, 2.24) is 14.0 Å². The average molecular weight is 397 g/mol. The molecule has 0 bridgehead atoms. The van der Waals surface area contributed by atoms with Crippen molar-refractivity contribution >= 4 is 34.5 Å². The Morgan fingerprint density at radius 1 is 1.15 bits per heavy atom. The summed E-state index contributed by atoms with van der Waals surface area (Å²) in [7, 11) is 0. The van der Waals surface area contributed by atoms with Crippen LogP contribution in [0.1, 0.15) is 15.9 Å². The third-order valence-corrected chi connectivity index (χ3v) is 5.16. The molecule has 27 heavy (non-hydrogen) atoms. The summed E-state index contributed by atoms with van der Waals surface area (Å²) in [5, 5.41) is 2.47. The van der Waals surface area contributed by atoms with Gasteiger partial charge in [-0.15, -0.1) is 11.3 Å². The molecule has 134 valence electrons. The van der Waals surface area contributed by atoms with E-state index in [-0.39, 0.29) is 5.56 Å². The van der Waals surface area contributed by atoms with Crippen LogP contribution in [0.4, 0.5) is 0 Å². The highest BCUT2D eigenvalue weighted by molar-refractivity contribution is 7.07. The summed E-state index contributed by atoms with van der Waals surface area (Å²) in [5.41, 5.74) is 0.878. The molecule has 3 aromatic heterocycles. The molecular weight excluding hydrogens is 384 g/mol. The highest BCUT2D eigenvalue weighted by Crippen LogP contribution is 2.15. The molecular formula is C19H13ClN4O2S. The van der Waals surface area contributed by atoms with Gasteiger partial charge >= 0.3 is 0 Å². The van der Waals surface area contributed by atoms with E-state index in [2.05, 4.69) is 9.98 Å². The number of hydrogen-bond donors (Lipinski definition) is 0. The number of aromatic nitrogens is 3. The molecule has 0 saturated carbocycles. The topological polar surface area (TPSA) is 68.7 Å². The molecule has 0 N–H and O–H groups in total. The van der Waals surface area contributed by atoms with Crippen LogP contribution in [0.5, 0.6) is 0 Å². The van der Waals surface area contributed by atoms with E-state index in [9.17, 15) is 9.59 Å². The second kappa shape index (κ2) is 7.30. The molecule has 1 amide bonds. The lowest BCUT2D eigenvalue weighted by molar-refractivity contribution is 0.0996. The highest BCUT2D eigenvalue weighted by atomic mass is 35.5. The number of fused-ring (bicyclic) bond motifs is 1. The number of thiazole rings is 1. The number of hydrogen-bond acceptors (Lipinski definition) is 4. The SMILES string of the molecule is O=C(N=c1sccn1Cc1ccccc1Cl)c1cnc2ccccn2c1=O. The fourth-order valence-electron chi connectivity index (χ4n) is 2.64. The van der Waals surface area contributed by atoms with E-state index >= 15 is 0 Å². The summed E-state index contributed by atoms with van der Waals surface area (Å²) < 4.78 is 3.14. The van der Waals surface area contributed by atoms with Crippen LogP contribution >= 0.6 is 22.9 Å². The van der Waals surface area contributed by atoms with Crippen LogP contribution in [0.2, 0.25) is 5.02 Å². The Kier molecular flexibility index (Phi) is 4.70. The number of carbonyl (C=O) groups excluding carboxylic acids is 1. The number of rotatable bonds is 3. The highest BCUT2D eigenvalue weighted by Gasteiger charge is 2.13. The number of amides is 1. The van der Waals surface area contributed by atoms with Crippen molar-refractivity contribution in [3.8, 4) is 0 Å². The average Bonchev–Trinajstić information content (AvgIpc) is 3.10. The van der Waals surface area contributed by atoms with Gasteiger partial charge in [-0.25, -0.2) is 4.98 Å². The van der Waals surface area contributed by atoms with Crippen LogP contribution in [-0.4, -0.2) is 19.9 Å². The van der Waals surface area contributed by atoms with Crippen molar-refractivity contribution in [2.45, 2.75) is 6.54 Å². The Hall–Kier alpha value is -3.03. The summed E-state index contributed by atoms with van der Waals surface area (Å²) in [6.07, 6.45) is 4.67. The van der Waals surface area contributed by atoms with Crippen molar-refractivity contribution in [1.29, 1.82) is 0 Å². The predicted octanol–water partition coefficient (Wildman–Crippen LogP) is 3.00. The molecule has 0 aliphatic carbocycles. The molecule has 0 aliphatic rings. The van der Waals surface area contributed by atoms with E-state index in [1.807, 2.05) is 40.4 Å². The van der Waals surface area contributed by atoms with Gasteiger partial charge in [-0.3, -0.25) is 14.0 Å². The Morgan fingerprint density at radius 3 is 2.81 bits per heavy atom. The summed E-state index contributed by atoms with van der Waals surface area (Å²) in [6, 6.07) is 12.7. The molecule has 0 atom stereocenters. The first-order chi connectivity index (χ1) is 13.1. The largest absolute Gasteiger partial charge is 0.319 e. The maximum atomic E-state index is 12.6. The zero-order valence-corrected chi connectivity index (χ0v) is 15.5. The van der Waals surface area contributed by atoms with Gasteiger partial charge in [0, 0.05) is 29.0 Å². The lowest BCUT2D eigenvalue weighted by Crippen LogP contribution is -2.24. The van der Waals surface area contributed by atoms with E-state index in [0.29, 0.717) is 22.0 Å². The normalized spacial score (nSPS) is 11.8. The quantitative estimate of drug-likeness (QED) is 0.534. The summed E-state index contributed by atoms with van der Waals surface area (Å²) in [4.78, 5) is 33.9.